The average molecular weight is 154 g/mol. The van der Waals surface area contributed by atoms with Crippen LogP contribution in [0.25, 0.3) is 0 Å². The molecule has 1 aliphatic heterocycles. The lowest BCUT2D eigenvalue weighted by molar-refractivity contribution is 0.553. The summed E-state index contributed by atoms with van der Waals surface area (Å²) >= 11 is 0. The first-order chi connectivity index (χ1) is 5.43. The maximum Gasteiger partial charge on any atom is 0.0204 e. The van der Waals surface area contributed by atoms with Crippen LogP contribution in [0.4, 0.5) is 0 Å². The molecule has 11 heavy (non-hydrogen) atoms. The maximum absolute atomic E-state index is 3.50. The first-order valence-corrected chi connectivity index (χ1v) is 4.48. The van der Waals surface area contributed by atoms with Gasteiger partial charge in [0.1, 0.15) is 0 Å². The Balaban J connectivity index is 1.93. The molecule has 1 rings (SSSR count). The molecule has 1 fully saturated rings. The third kappa shape index (κ3) is 3.54. The summed E-state index contributed by atoms with van der Waals surface area (Å²) in [4.78, 5) is 0. The molecule has 1 heterocycles. The Bertz CT molecular complexity index is 115. The zero-order valence-electron chi connectivity index (χ0n) is 7.27. The highest BCUT2D eigenvalue weighted by Crippen LogP contribution is 1.96. The Labute approximate surface area is 69.1 Å². The van der Waals surface area contributed by atoms with Gasteiger partial charge >= 0.3 is 0 Å². The van der Waals surface area contributed by atoms with E-state index >= 15 is 0 Å². The Morgan fingerprint density at radius 3 is 3.18 bits per heavy atom. The quantitative estimate of drug-likeness (QED) is 0.464. The lowest BCUT2D eigenvalue weighted by Gasteiger charge is -2.08. The molecule has 0 saturated carbocycles. The molecular formula is C9H18N2. The molecule has 1 atom stereocenters. The molecule has 0 aromatic rings. The molecule has 1 saturated heterocycles. The van der Waals surface area contributed by atoms with Gasteiger partial charge < -0.3 is 10.6 Å². The molecule has 0 aromatic carbocycles. The molecule has 2 N–H and O–H groups in total. The van der Waals surface area contributed by atoms with Gasteiger partial charge in [-0.2, -0.15) is 0 Å². The molecule has 1 unspecified atom stereocenters. The van der Waals surface area contributed by atoms with E-state index in [1.54, 1.807) is 0 Å². The molecule has 64 valence electrons. The van der Waals surface area contributed by atoms with Gasteiger partial charge in [0.2, 0.25) is 0 Å². The number of rotatable bonds is 4. The van der Waals surface area contributed by atoms with E-state index in [1.807, 2.05) is 0 Å². The van der Waals surface area contributed by atoms with E-state index in [0.29, 0.717) is 0 Å². The van der Waals surface area contributed by atoms with Crippen LogP contribution in [-0.4, -0.2) is 25.7 Å². The average Bonchev–Trinajstić information content (AvgIpc) is 2.50. The summed E-state index contributed by atoms with van der Waals surface area (Å²) in [5.74, 6) is 0. The van der Waals surface area contributed by atoms with E-state index in [2.05, 4.69) is 29.7 Å². The minimum atomic E-state index is 0.722. The van der Waals surface area contributed by atoms with Crippen LogP contribution in [0.15, 0.2) is 12.2 Å². The molecule has 0 spiro atoms. The summed E-state index contributed by atoms with van der Waals surface area (Å²) < 4.78 is 0. The van der Waals surface area contributed by atoms with Crippen molar-refractivity contribution in [3.8, 4) is 0 Å². The Morgan fingerprint density at radius 2 is 2.55 bits per heavy atom. The van der Waals surface area contributed by atoms with Crippen LogP contribution in [0, 0.1) is 0 Å². The minimum Gasteiger partial charge on any atom is -0.315 e. The van der Waals surface area contributed by atoms with Gasteiger partial charge in [-0.05, 0) is 32.9 Å². The minimum absolute atomic E-state index is 0.722. The highest BCUT2D eigenvalue weighted by Gasteiger charge is 2.11. The summed E-state index contributed by atoms with van der Waals surface area (Å²) in [6.45, 7) is 5.52. The fraction of sp³-hybridized carbons (Fsp3) is 0.778. The monoisotopic (exact) mass is 154 g/mol. The summed E-state index contributed by atoms with van der Waals surface area (Å²) in [5, 5.41) is 6.84. The van der Waals surface area contributed by atoms with Crippen LogP contribution in [-0.2, 0) is 0 Å². The lowest BCUT2D eigenvalue weighted by Crippen LogP contribution is -2.31. The predicted octanol–water partition coefficient (Wildman–Crippen LogP) is 0.904. The van der Waals surface area contributed by atoms with E-state index < -0.39 is 0 Å². The fourth-order valence-electron chi connectivity index (χ4n) is 1.37. The van der Waals surface area contributed by atoms with Gasteiger partial charge in [0.05, 0.1) is 0 Å². The van der Waals surface area contributed by atoms with E-state index in [0.717, 1.165) is 25.6 Å². The van der Waals surface area contributed by atoms with Crippen LogP contribution in [0.3, 0.4) is 0 Å². The van der Waals surface area contributed by atoms with Crippen molar-refractivity contribution in [2.75, 3.05) is 19.6 Å². The van der Waals surface area contributed by atoms with Crippen molar-refractivity contribution in [3.63, 3.8) is 0 Å². The summed E-state index contributed by atoms with van der Waals surface area (Å²) in [6, 6.07) is 0.722. The van der Waals surface area contributed by atoms with Crippen molar-refractivity contribution >= 4 is 0 Å². The van der Waals surface area contributed by atoms with Crippen molar-refractivity contribution in [1.82, 2.24) is 10.6 Å². The number of nitrogens with one attached hydrogen (secondary N) is 2. The van der Waals surface area contributed by atoms with Gasteiger partial charge in [-0.25, -0.2) is 0 Å². The Kier molecular flexibility index (Phi) is 4.24. The van der Waals surface area contributed by atoms with Crippen molar-refractivity contribution in [2.24, 2.45) is 0 Å². The maximum atomic E-state index is 3.50. The normalized spacial score (nSPS) is 25.0. The van der Waals surface area contributed by atoms with Crippen LogP contribution in [0.1, 0.15) is 19.8 Å². The summed E-state index contributed by atoms with van der Waals surface area (Å²) in [5.41, 5.74) is 0. The standard InChI is InChI=1S/C9H18N2/c1-2-3-4-6-11-9-5-7-10-8-9/h2-3,9-11H,4-8H2,1H3/b3-2+. The Hall–Kier alpha value is -0.340. The molecular weight excluding hydrogens is 136 g/mol. The summed E-state index contributed by atoms with van der Waals surface area (Å²) in [6.07, 6.45) is 6.76. The first kappa shape index (κ1) is 8.75. The second kappa shape index (κ2) is 5.33. The smallest absolute Gasteiger partial charge is 0.0204 e. The molecule has 0 amide bonds. The SMILES string of the molecule is C/C=C/CCNC1CCNC1. The lowest BCUT2D eigenvalue weighted by atomic mass is 10.2. The van der Waals surface area contributed by atoms with Crippen molar-refractivity contribution in [3.05, 3.63) is 12.2 Å². The van der Waals surface area contributed by atoms with Crippen LogP contribution in [0.2, 0.25) is 0 Å². The van der Waals surface area contributed by atoms with E-state index in [1.165, 1.54) is 13.0 Å². The molecule has 0 aliphatic carbocycles. The van der Waals surface area contributed by atoms with Gasteiger partial charge in [-0.15, -0.1) is 0 Å². The molecule has 2 nitrogen and oxygen atoms in total. The highest BCUT2D eigenvalue weighted by atomic mass is 15.0. The van der Waals surface area contributed by atoms with E-state index in [4.69, 9.17) is 0 Å². The topological polar surface area (TPSA) is 24.1 Å². The van der Waals surface area contributed by atoms with Crippen molar-refractivity contribution < 1.29 is 0 Å². The predicted molar refractivity (Wildman–Crippen MR) is 48.7 cm³/mol. The van der Waals surface area contributed by atoms with Crippen LogP contribution < -0.4 is 10.6 Å². The zero-order chi connectivity index (χ0) is 7.94. The van der Waals surface area contributed by atoms with Crippen molar-refractivity contribution in [2.45, 2.75) is 25.8 Å². The van der Waals surface area contributed by atoms with Gasteiger partial charge in [0.15, 0.2) is 0 Å². The van der Waals surface area contributed by atoms with E-state index in [-0.39, 0.29) is 0 Å². The Morgan fingerprint density at radius 1 is 1.64 bits per heavy atom. The van der Waals surface area contributed by atoms with Crippen LogP contribution in [0.5, 0.6) is 0 Å². The third-order valence-corrected chi connectivity index (χ3v) is 2.04. The van der Waals surface area contributed by atoms with Crippen LogP contribution >= 0.6 is 0 Å². The molecule has 0 bridgehead atoms. The highest BCUT2D eigenvalue weighted by molar-refractivity contribution is 4.81. The molecule has 0 radical (unpaired) electrons. The largest absolute Gasteiger partial charge is 0.315 e. The van der Waals surface area contributed by atoms with Gasteiger partial charge in [-0.1, -0.05) is 12.2 Å². The second-order valence-electron chi connectivity index (χ2n) is 3.00. The number of allylic oxidation sites excluding steroid dienone is 1. The molecule has 2 heteroatoms. The fourth-order valence-corrected chi connectivity index (χ4v) is 1.37. The van der Waals surface area contributed by atoms with Gasteiger partial charge in [0.25, 0.3) is 0 Å². The van der Waals surface area contributed by atoms with Gasteiger partial charge in [-0.3, -0.25) is 0 Å². The number of hydrogen-bond acceptors (Lipinski definition) is 2. The first-order valence-electron chi connectivity index (χ1n) is 4.48. The third-order valence-electron chi connectivity index (χ3n) is 2.04. The summed E-state index contributed by atoms with van der Waals surface area (Å²) in [7, 11) is 0. The zero-order valence-corrected chi connectivity index (χ0v) is 7.27. The number of hydrogen-bond donors (Lipinski definition) is 2. The molecule has 1 aliphatic rings. The second-order valence-corrected chi connectivity index (χ2v) is 3.00. The molecule has 0 aromatic heterocycles. The van der Waals surface area contributed by atoms with Gasteiger partial charge in [0, 0.05) is 12.6 Å². The van der Waals surface area contributed by atoms with E-state index in [9.17, 15) is 0 Å². The van der Waals surface area contributed by atoms with Crippen molar-refractivity contribution in [1.29, 1.82) is 0 Å².